The van der Waals surface area contributed by atoms with Crippen molar-refractivity contribution in [1.82, 2.24) is 9.80 Å². The Hall–Kier alpha value is -4.23. The van der Waals surface area contributed by atoms with Crippen LogP contribution < -0.4 is 10.5 Å². The van der Waals surface area contributed by atoms with E-state index in [1.807, 2.05) is 23.1 Å². The Bertz CT molecular complexity index is 1200. The summed E-state index contributed by atoms with van der Waals surface area (Å²) in [5.74, 6) is -0.170. The largest absolute Gasteiger partial charge is 0.423 e. The molecule has 0 aliphatic carbocycles. The minimum atomic E-state index is -0.486. The Morgan fingerprint density at radius 3 is 2.11 bits per heavy atom. The van der Waals surface area contributed by atoms with Crippen LogP contribution in [-0.2, 0) is 11.3 Å². The van der Waals surface area contributed by atoms with E-state index in [1.165, 1.54) is 5.56 Å². The maximum absolute atomic E-state index is 12.6. The quantitative estimate of drug-likeness (QED) is 0.182. The van der Waals surface area contributed by atoms with Crippen LogP contribution in [0.3, 0.4) is 0 Å². The lowest BCUT2D eigenvalue weighted by molar-refractivity contribution is -0.127. The van der Waals surface area contributed by atoms with Crippen LogP contribution in [0.15, 0.2) is 84.9 Å². The lowest BCUT2D eigenvalue weighted by Crippen LogP contribution is -2.47. The third-order valence-corrected chi connectivity index (χ3v) is 5.87. The molecule has 1 heterocycles. The zero-order valence-corrected chi connectivity index (χ0v) is 19.4. The number of hydrogen-bond acceptors (Lipinski definition) is 5. The summed E-state index contributed by atoms with van der Waals surface area (Å²) in [6, 6.07) is 23.7. The molecule has 3 aromatic carbocycles. The molecule has 35 heavy (non-hydrogen) atoms. The number of rotatable bonds is 7. The molecule has 0 saturated carbocycles. The summed E-state index contributed by atoms with van der Waals surface area (Å²) in [6.45, 7) is 4.01. The van der Waals surface area contributed by atoms with Crippen LogP contribution in [0.1, 0.15) is 27.0 Å². The van der Waals surface area contributed by atoms with E-state index in [1.54, 1.807) is 60.7 Å². The predicted molar refractivity (Wildman–Crippen MR) is 136 cm³/mol. The minimum absolute atomic E-state index is 0.0122. The number of piperazine rings is 1. The van der Waals surface area contributed by atoms with Crippen molar-refractivity contribution in [3.63, 3.8) is 0 Å². The smallest absolute Gasteiger partial charge is 0.343 e. The van der Waals surface area contributed by atoms with E-state index in [9.17, 15) is 9.59 Å². The van der Waals surface area contributed by atoms with E-state index in [4.69, 9.17) is 15.9 Å². The van der Waals surface area contributed by atoms with Crippen LogP contribution in [0, 0.1) is 5.41 Å². The molecular weight excluding hydrogens is 440 g/mol. The van der Waals surface area contributed by atoms with Crippen LogP contribution in [0.2, 0.25) is 0 Å². The number of esters is 1. The summed E-state index contributed by atoms with van der Waals surface area (Å²) in [5.41, 5.74) is 8.50. The first-order valence-corrected chi connectivity index (χ1v) is 11.5. The maximum atomic E-state index is 12.6. The molecular formula is C28H28N4O3. The second-order valence-electron chi connectivity index (χ2n) is 8.37. The number of carbonyl (C=O) groups is 2. The highest BCUT2D eigenvalue weighted by Gasteiger charge is 2.19. The molecule has 1 aliphatic rings. The summed E-state index contributed by atoms with van der Waals surface area (Å²) in [7, 11) is 0. The Kier molecular flexibility index (Phi) is 7.70. The molecule has 7 heteroatoms. The summed E-state index contributed by atoms with van der Waals surface area (Å²) < 4.78 is 5.37. The molecule has 178 valence electrons. The second kappa shape index (κ2) is 11.3. The van der Waals surface area contributed by atoms with Crippen LogP contribution in [0.5, 0.6) is 5.75 Å². The summed E-state index contributed by atoms with van der Waals surface area (Å²) in [6.07, 6.45) is 3.34. The summed E-state index contributed by atoms with van der Waals surface area (Å²) >= 11 is 0. The highest BCUT2D eigenvalue weighted by atomic mass is 16.5. The molecule has 0 spiro atoms. The third-order valence-electron chi connectivity index (χ3n) is 5.87. The zero-order chi connectivity index (χ0) is 24.6. The van der Waals surface area contributed by atoms with Crippen LogP contribution in [-0.4, -0.2) is 53.7 Å². The van der Waals surface area contributed by atoms with Gasteiger partial charge in [-0.1, -0.05) is 42.5 Å². The molecule has 3 N–H and O–H groups in total. The molecule has 0 radical (unpaired) electrons. The number of nitrogens with two attached hydrogens (primary N) is 1. The van der Waals surface area contributed by atoms with E-state index >= 15 is 0 Å². The number of amidine groups is 1. The average Bonchev–Trinajstić information content (AvgIpc) is 2.89. The molecule has 7 nitrogen and oxygen atoms in total. The van der Waals surface area contributed by atoms with Crippen molar-refractivity contribution in [2.75, 3.05) is 26.2 Å². The molecule has 0 bridgehead atoms. The number of carbonyl (C=O) groups excluding carboxylic acids is 2. The van der Waals surface area contributed by atoms with E-state index in [0.717, 1.165) is 25.2 Å². The van der Waals surface area contributed by atoms with E-state index in [0.29, 0.717) is 30.0 Å². The van der Waals surface area contributed by atoms with Crippen molar-refractivity contribution >= 4 is 23.8 Å². The van der Waals surface area contributed by atoms with Crippen LogP contribution in [0.4, 0.5) is 0 Å². The average molecular weight is 469 g/mol. The van der Waals surface area contributed by atoms with Gasteiger partial charge < -0.3 is 15.4 Å². The normalized spacial score (nSPS) is 14.1. The summed E-state index contributed by atoms with van der Waals surface area (Å²) in [5, 5.41) is 7.41. The fourth-order valence-corrected chi connectivity index (χ4v) is 3.84. The Morgan fingerprint density at radius 1 is 0.857 bits per heavy atom. The van der Waals surface area contributed by atoms with Gasteiger partial charge in [0.05, 0.1) is 5.56 Å². The molecule has 0 atom stereocenters. The molecule has 3 aromatic rings. The van der Waals surface area contributed by atoms with Crippen molar-refractivity contribution < 1.29 is 14.3 Å². The van der Waals surface area contributed by atoms with Gasteiger partial charge in [0.15, 0.2) is 0 Å². The Morgan fingerprint density at radius 2 is 1.49 bits per heavy atom. The van der Waals surface area contributed by atoms with Gasteiger partial charge in [-0.2, -0.15) is 0 Å². The topological polar surface area (TPSA) is 99.7 Å². The molecule has 1 amide bonds. The number of amides is 1. The Labute approximate surface area is 204 Å². The first-order chi connectivity index (χ1) is 17.0. The van der Waals surface area contributed by atoms with Crippen molar-refractivity contribution in [1.29, 1.82) is 5.41 Å². The van der Waals surface area contributed by atoms with Crippen molar-refractivity contribution in [2.24, 2.45) is 5.73 Å². The third kappa shape index (κ3) is 6.65. The molecule has 1 fully saturated rings. The number of nitrogen functional groups attached to an aromatic ring is 1. The molecule has 1 saturated heterocycles. The lowest BCUT2D eigenvalue weighted by Gasteiger charge is -2.34. The molecule has 0 aromatic heterocycles. The van der Waals surface area contributed by atoms with Gasteiger partial charge in [-0.05, 0) is 53.6 Å². The highest BCUT2D eigenvalue weighted by Crippen LogP contribution is 2.15. The Balaban J connectivity index is 1.26. The molecule has 1 aliphatic heterocycles. The molecule has 4 rings (SSSR count). The van der Waals surface area contributed by atoms with Crippen molar-refractivity contribution in [3.8, 4) is 5.75 Å². The maximum Gasteiger partial charge on any atom is 0.343 e. The van der Waals surface area contributed by atoms with E-state index in [-0.39, 0.29) is 11.7 Å². The number of ether oxygens (including phenoxy) is 1. The fraction of sp³-hybridized carbons (Fsp3) is 0.179. The van der Waals surface area contributed by atoms with Gasteiger partial charge in [0.25, 0.3) is 0 Å². The fourth-order valence-electron chi connectivity index (χ4n) is 3.84. The lowest BCUT2D eigenvalue weighted by atomic mass is 10.1. The van der Waals surface area contributed by atoms with E-state index in [2.05, 4.69) is 17.0 Å². The van der Waals surface area contributed by atoms with Gasteiger partial charge in [0.2, 0.25) is 5.91 Å². The number of nitrogens with zero attached hydrogens (tertiary/aromatic N) is 2. The van der Waals surface area contributed by atoms with Gasteiger partial charge in [-0.3, -0.25) is 15.1 Å². The van der Waals surface area contributed by atoms with E-state index < -0.39 is 5.97 Å². The first kappa shape index (κ1) is 23.9. The first-order valence-electron chi connectivity index (χ1n) is 11.5. The zero-order valence-electron chi connectivity index (χ0n) is 19.4. The van der Waals surface area contributed by atoms with Gasteiger partial charge in [0.1, 0.15) is 11.6 Å². The van der Waals surface area contributed by atoms with Gasteiger partial charge in [-0.25, -0.2) is 4.79 Å². The standard InChI is InChI=1S/C28H28N4O3/c29-27(30)23-11-13-25(14-12-23)35-28(34)24-9-6-21(7-10-24)8-15-26(33)32-18-16-31(17-19-32)20-22-4-2-1-3-5-22/h1-15H,16-20H2,(H3,29,30)/b15-8+. The number of hydrogen-bond donors (Lipinski definition) is 2. The van der Waals surface area contributed by atoms with Gasteiger partial charge in [-0.15, -0.1) is 0 Å². The number of nitrogens with one attached hydrogen (secondary N) is 1. The number of benzene rings is 3. The van der Waals surface area contributed by atoms with Crippen LogP contribution in [0.25, 0.3) is 6.08 Å². The second-order valence-corrected chi connectivity index (χ2v) is 8.37. The van der Waals surface area contributed by atoms with Crippen molar-refractivity contribution in [3.05, 3.63) is 107 Å². The SMILES string of the molecule is N=C(N)c1ccc(OC(=O)c2ccc(/C=C/C(=O)N3CCN(Cc4ccccc4)CC3)cc2)cc1. The highest BCUT2D eigenvalue weighted by molar-refractivity contribution is 5.95. The van der Waals surface area contributed by atoms with Crippen molar-refractivity contribution in [2.45, 2.75) is 6.54 Å². The van der Waals surface area contributed by atoms with Gasteiger partial charge in [0, 0.05) is 44.4 Å². The minimum Gasteiger partial charge on any atom is -0.423 e. The molecule has 0 unspecified atom stereocenters. The monoisotopic (exact) mass is 468 g/mol. The predicted octanol–water partition coefficient (Wildman–Crippen LogP) is 3.55. The van der Waals surface area contributed by atoms with Gasteiger partial charge >= 0.3 is 5.97 Å². The van der Waals surface area contributed by atoms with Crippen LogP contribution >= 0.6 is 0 Å². The summed E-state index contributed by atoms with van der Waals surface area (Å²) in [4.78, 5) is 29.2.